The summed E-state index contributed by atoms with van der Waals surface area (Å²) in [7, 11) is 0. The van der Waals surface area contributed by atoms with Crippen LogP contribution in [0.3, 0.4) is 0 Å². The highest BCUT2D eigenvalue weighted by molar-refractivity contribution is 5.67. The van der Waals surface area contributed by atoms with Crippen LogP contribution in [0.5, 0.6) is 0 Å². The number of rotatable bonds is 4. The zero-order valence-corrected chi connectivity index (χ0v) is 12.4. The second-order valence-corrected chi connectivity index (χ2v) is 6.82. The number of benzene rings is 1. The Labute approximate surface area is 121 Å². The Hall–Kier alpha value is -1.35. The van der Waals surface area contributed by atoms with Gasteiger partial charge in [0.2, 0.25) is 0 Å². The van der Waals surface area contributed by atoms with Crippen LogP contribution in [-0.4, -0.2) is 17.6 Å². The van der Waals surface area contributed by atoms with E-state index in [1.54, 1.807) is 0 Å². The maximum atomic E-state index is 10.4. The van der Waals surface area contributed by atoms with E-state index in [9.17, 15) is 4.79 Å². The average molecular weight is 275 g/mol. The van der Waals surface area contributed by atoms with Gasteiger partial charge < -0.3 is 10.8 Å². The normalized spacial score (nSPS) is 22.9. The van der Waals surface area contributed by atoms with Gasteiger partial charge in [0.25, 0.3) is 0 Å². The predicted octanol–water partition coefficient (Wildman–Crippen LogP) is 3.06. The first-order valence-electron chi connectivity index (χ1n) is 7.40. The van der Waals surface area contributed by atoms with Gasteiger partial charge in [-0.05, 0) is 54.2 Å². The smallest absolute Gasteiger partial charge is 0.303 e. The molecule has 0 aromatic heterocycles. The first-order valence-corrected chi connectivity index (χ1v) is 7.40. The molecule has 4 rings (SSSR count). The van der Waals surface area contributed by atoms with Crippen molar-refractivity contribution >= 4 is 5.97 Å². The molecule has 20 heavy (non-hydrogen) atoms. The molecule has 0 spiro atoms. The molecule has 0 atom stereocenters. The minimum absolute atomic E-state index is 0.189. The van der Waals surface area contributed by atoms with Crippen molar-refractivity contribution in [2.45, 2.75) is 39.5 Å². The molecule has 1 aromatic rings. The van der Waals surface area contributed by atoms with Gasteiger partial charge >= 0.3 is 5.97 Å². The van der Waals surface area contributed by atoms with E-state index in [0.29, 0.717) is 24.8 Å². The van der Waals surface area contributed by atoms with Gasteiger partial charge in [-0.2, -0.15) is 0 Å². The fourth-order valence-electron chi connectivity index (χ4n) is 2.91. The van der Waals surface area contributed by atoms with Crippen LogP contribution >= 0.6 is 0 Å². The van der Waals surface area contributed by atoms with Crippen molar-refractivity contribution in [3.63, 3.8) is 0 Å². The molecule has 3 nitrogen and oxygen atoms in total. The number of carbonyl (C=O) groups is 1. The molecule has 2 bridgehead atoms. The molecule has 1 saturated carbocycles. The largest absolute Gasteiger partial charge is 0.481 e. The molecule has 0 amide bonds. The van der Waals surface area contributed by atoms with E-state index in [1.807, 2.05) is 0 Å². The summed E-state index contributed by atoms with van der Waals surface area (Å²) in [6.07, 6.45) is 3.63. The molecule has 3 N–H and O–H groups in total. The summed E-state index contributed by atoms with van der Waals surface area (Å²) >= 11 is 0. The van der Waals surface area contributed by atoms with E-state index in [-0.39, 0.29) is 5.41 Å². The van der Waals surface area contributed by atoms with Crippen LogP contribution in [0.25, 0.3) is 0 Å². The topological polar surface area (TPSA) is 63.3 Å². The molecule has 3 aliphatic carbocycles. The van der Waals surface area contributed by atoms with E-state index in [0.717, 1.165) is 12.8 Å². The second kappa shape index (κ2) is 5.96. The number of fused-ring (bicyclic) bond motifs is 2. The third-order valence-electron chi connectivity index (χ3n) is 4.73. The summed E-state index contributed by atoms with van der Waals surface area (Å²) in [6.45, 7) is 5.01. The highest BCUT2D eigenvalue weighted by Crippen LogP contribution is 2.46. The van der Waals surface area contributed by atoms with Crippen molar-refractivity contribution in [3.05, 3.63) is 35.4 Å². The molecule has 1 aromatic carbocycles. The highest BCUT2D eigenvalue weighted by atomic mass is 16.4. The molecule has 0 saturated heterocycles. The van der Waals surface area contributed by atoms with Crippen LogP contribution in [-0.2, 0) is 11.2 Å². The van der Waals surface area contributed by atoms with E-state index < -0.39 is 5.97 Å². The van der Waals surface area contributed by atoms with Gasteiger partial charge in [0.1, 0.15) is 0 Å². The van der Waals surface area contributed by atoms with Gasteiger partial charge in [0.15, 0.2) is 0 Å². The number of nitrogens with two attached hydrogens (primary N) is 1. The van der Waals surface area contributed by atoms with Crippen molar-refractivity contribution < 1.29 is 9.90 Å². The predicted molar refractivity (Wildman–Crippen MR) is 80.6 cm³/mol. The van der Waals surface area contributed by atoms with E-state index in [4.69, 9.17) is 10.8 Å². The summed E-state index contributed by atoms with van der Waals surface area (Å²) in [4.78, 5) is 10.4. The minimum atomic E-state index is -0.672. The third-order valence-corrected chi connectivity index (χ3v) is 4.73. The van der Waals surface area contributed by atoms with Gasteiger partial charge in [-0.25, -0.2) is 0 Å². The molecule has 3 aliphatic rings. The Morgan fingerprint density at radius 2 is 1.90 bits per heavy atom. The van der Waals surface area contributed by atoms with Crippen molar-refractivity contribution in [2.24, 2.45) is 23.0 Å². The fraction of sp³-hybridized carbons (Fsp3) is 0.588. The Kier molecular flexibility index (Phi) is 4.48. The van der Waals surface area contributed by atoms with Crippen LogP contribution in [0.1, 0.15) is 44.2 Å². The molecule has 0 heterocycles. The maximum Gasteiger partial charge on any atom is 0.303 e. The number of carboxylic acids is 1. The van der Waals surface area contributed by atoms with E-state index in [2.05, 4.69) is 38.1 Å². The molecular weight excluding hydrogens is 250 g/mol. The SMILES string of the molecule is CC(C)(CN)C1CC(CC(=O)O)C1.c1cc2cc(c1)C2. The lowest BCUT2D eigenvalue weighted by Gasteiger charge is -2.44. The molecule has 3 heteroatoms. The first-order chi connectivity index (χ1) is 9.40. The quantitative estimate of drug-likeness (QED) is 0.901. The zero-order valence-electron chi connectivity index (χ0n) is 12.4. The lowest BCUT2D eigenvalue weighted by Crippen LogP contribution is -2.41. The Balaban J connectivity index is 0.000000173. The summed E-state index contributed by atoms with van der Waals surface area (Å²) < 4.78 is 0. The van der Waals surface area contributed by atoms with Crippen molar-refractivity contribution in [2.75, 3.05) is 6.54 Å². The number of hydrogen-bond donors (Lipinski definition) is 2. The van der Waals surface area contributed by atoms with Crippen molar-refractivity contribution in [1.29, 1.82) is 0 Å². The average Bonchev–Trinajstić information content (AvgIpc) is 2.34. The standard InChI is InChI=1S/C10H19NO2.C7H6/c1-10(2,6-11)8-3-7(4-8)5-9(12)13;1-2-6-4-7(3-1)5-6/h7-8H,3-6,11H2,1-2H3,(H,12,13);1-4H,5H2. The first kappa shape index (κ1) is 15.0. The molecule has 110 valence electrons. The Morgan fingerprint density at radius 3 is 2.20 bits per heavy atom. The van der Waals surface area contributed by atoms with E-state index in [1.165, 1.54) is 17.5 Å². The summed E-state index contributed by atoms with van der Waals surface area (Å²) in [5.41, 5.74) is 8.80. The number of carboxylic acid groups (broad SMARTS) is 1. The van der Waals surface area contributed by atoms with Gasteiger partial charge in [-0.15, -0.1) is 0 Å². The Morgan fingerprint density at radius 1 is 1.35 bits per heavy atom. The highest BCUT2D eigenvalue weighted by Gasteiger charge is 2.39. The van der Waals surface area contributed by atoms with Gasteiger partial charge in [-0.1, -0.05) is 38.1 Å². The molecule has 0 radical (unpaired) electrons. The maximum absolute atomic E-state index is 10.4. The lowest BCUT2D eigenvalue weighted by atomic mass is 9.61. The van der Waals surface area contributed by atoms with Gasteiger partial charge in [0, 0.05) is 6.42 Å². The summed E-state index contributed by atoms with van der Waals surface area (Å²) in [6, 6.07) is 8.65. The van der Waals surface area contributed by atoms with Crippen molar-refractivity contribution in [3.8, 4) is 0 Å². The van der Waals surface area contributed by atoms with Crippen molar-refractivity contribution in [1.82, 2.24) is 0 Å². The van der Waals surface area contributed by atoms with Crippen LogP contribution in [0.2, 0.25) is 0 Å². The molecular formula is C17H25NO2. The summed E-state index contributed by atoms with van der Waals surface area (Å²) in [5, 5.41) is 8.57. The van der Waals surface area contributed by atoms with Crippen LogP contribution in [0, 0.1) is 17.3 Å². The van der Waals surface area contributed by atoms with Crippen LogP contribution in [0.15, 0.2) is 24.3 Å². The van der Waals surface area contributed by atoms with E-state index >= 15 is 0 Å². The monoisotopic (exact) mass is 275 g/mol. The fourth-order valence-corrected chi connectivity index (χ4v) is 2.91. The third kappa shape index (κ3) is 3.60. The Bertz CT molecular complexity index is 451. The second-order valence-electron chi connectivity index (χ2n) is 6.82. The van der Waals surface area contributed by atoms with Crippen LogP contribution in [0.4, 0.5) is 0 Å². The van der Waals surface area contributed by atoms with Gasteiger partial charge in [0.05, 0.1) is 0 Å². The zero-order chi connectivity index (χ0) is 14.8. The molecule has 0 unspecified atom stereocenters. The minimum Gasteiger partial charge on any atom is -0.481 e. The van der Waals surface area contributed by atoms with Crippen LogP contribution < -0.4 is 5.73 Å². The summed E-state index contributed by atoms with van der Waals surface area (Å²) in [5.74, 6) is 0.351. The molecule has 1 fully saturated rings. The van der Waals surface area contributed by atoms with Gasteiger partial charge in [-0.3, -0.25) is 4.79 Å². The molecule has 0 aliphatic heterocycles. The lowest BCUT2D eigenvalue weighted by molar-refractivity contribution is -0.139. The number of aliphatic carboxylic acids is 1. The number of hydrogen-bond acceptors (Lipinski definition) is 2.